The summed E-state index contributed by atoms with van der Waals surface area (Å²) in [6.45, 7) is 1.28. The van der Waals surface area contributed by atoms with Gasteiger partial charge in [0.25, 0.3) is 10.0 Å². The fourth-order valence-corrected chi connectivity index (χ4v) is 5.11. The molecule has 1 N–H and O–H groups in total. The summed E-state index contributed by atoms with van der Waals surface area (Å²) in [5, 5.41) is 2.99. The molecule has 3 aromatic carbocycles. The van der Waals surface area contributed by atoms with Gasteiger partial charge in [-0.25, -0.2) is 8.42 Å². The van der Waals surface area contributed by atoms with Crippen molar-refractivity contribution >= 4 is 38.9 Å². The molecule has 0 saturated heterocycles. The van der Waals surface area contributed by atoms with E-state index in [-0.39, 0.29) is 27.1 Å². The highest BCUT2D eigenvalue weighted by Crippen LogP contribution is 2.37. The SMILES string of the molecule is COc1ccc(C)cc1NC(=O)CN(c1cc(Cl)ccc1OC)S(=O)(=O)c1ccc(OC)c(OC)c1. The minimum Gasteiger partial charge on any atom is -0.495 e. The highest BCUT2D eigenvalue weighted by atomic mass is 35.5. The molecule has 11 heteroatoms. The number of benzene rings is 3. The lowest BCUT2D eigenvalue weighted by molar-refractivity contribution is -0.114. The summed E-state index contributed by atoms with van der Waals surface area (Å²) in [6.07, 6.45) is 0. The van der Waals surface area contributed by atoms with Crippen LogP contribution in [-0.4, -0.2) is 49.3 Å². The predicted molar refractivity (Wildman–Crippen MR) is 138 cm³/mol. The Labute approximate surface area is 215 Å². The Hall–Kier alpha value is -3.63. The molecule has 9 nitrogen and oxygen atoms in total. The molecule has 0 bridgehead atoms. The van der Waals surface area contributed by atoms with E-state index in [9.17, 15) is 13.2 Å². The molecule has 0 fully saturated rings. The van der Waals surface area contributed by atoms with E-state index in [1.54, 1.807) is 18.2 Å². The second-order valence-corrected chi connectivity index (χ2v) is 9.90. The average molecular weight is 535 g/mol. The third-order valence-electron chi connectivity index (χ3n) is 5.27. The lowest BCUT2D eigenvalue weighted by Crippen LogP contribution is -2.38. The molecule has 0 spiro atoms. The smallest absolute Gasteiger partial charge is 0.265 e. The number of hydrogen-bond donors (Lipinski definition) is 1. The molecule has 0 aliphatic rings. The van der Waals surface area contributed by atoms with Gasteiger partial charge in [0, 0.05) is 11.1 Å². The summed E-state index contributed by atoms with van der Waals surface area (Å²) in [5.74, 6) is 0.608. The first-order valence-electron chi connectivity index (χ1n) is 10.7. The van der Waals surface area contributed by atoms with Crippen LogP contribution in [0.4, 0.5) is 11.4 Å². The van der Waals surface area contributed by atoms with E-state index < -0.39 is 22.5 Å². The number of hydrogen-bond acceptors (Lipinski definition) is 7. The number of sulfonamides is 1. The number of methoxy groups -OCH3 is 4. The molecule has 0 unspecified atom stereocenters. The van der Waals surface area contributed by atoms with Gasteiger partial charge in [0.05, 0.1) is 44.7 Å². The average Bonchev–Trinajstić information content (AvgIpc) is 2.86. The van der Waals surface area contributed by atoms with Gasteiger partial charge in [-0.1, -0.05) is 17.7 Å². The van der Waals surface area contributed by atoms with Crippen LogP contribution in [0.5, 0.6) is 23.0 Å². The predicted octanol–water partition coefficient (Wildman–Crippen LogP) is 4.52. The van der Waals surface area contributed by atoms with E-state index in [1.807, 2.05) is 13.0 Å². The highest BCUT2D eigenvalue weighted by Gasteiger charge is 2.31. The molecule has 3 rings (SSSR count). The maximum absolute atomic E-state index is 13.9. The van der Waals surface area contributed by atoms with Crippen molar-refractivity contribution < 1.29 is 32.2 Å². The van der Waals surface area contributed by atoms with Crippen molar-refractivity contribution in [2.75, 3.05) is 44.6 Å². The Kier molecular flexibility index (Phi) is 8.54. The minimum atomic E-state index is -4.31. The maximum Gasteiger partial charge on any atom is 0.265 e. The van der Waals surface area contributed by atoms with E-state index in [1.165, 1.54) is 58.8 Å². The zero-order valence-electron chi connectivity index (χ0n) is 20.5. The van der Waals surface area contributed by atoms with E-state index >= 15 is 0 Å². The first-order valence-corrected chi connectivity index (χ1v) is 12.5. The third kappa shape index (κ3) is 5.77. The zero-order chi connectivity index (χ0) is 26.5. The summed E-state index contributed by atoms with van der Waals surface area (Å²) >= 11 is 6.19. The molecule has 36 heavy (non-hydrogen) atoms. The van der Waals surface area contributed by atoms with Crippen LogP contribution in [0.25, 0.3) is 0 Å². The molecule has 0 atom stereocenters. The van der Waals surface area contributed by atoms with Gasteiger partial charge in [-0.2, -0.15) is 0 Å². The van der Waals surface area contributed by atoms with Crippen LogP contribution in [0.15, 0.2) is 59.5 Å². The molecule has 0 heterocycles. The molecule has 0 aromatic heterocycles. The molecule has 0 saturated carbocycles. The van der Waals surface area contributed by atoms with E-state index in [4.69, 9.17) is 30.5 Å². The van der Waals surface area contributed by atoms with E-state index in [0.29, 0.717) is 17.2 Å². The van der Waals surface area contributed by atoms with Crippen molar-refractivity contribution in [3.05, 3.63) is 65.2 Å². The highest BCUT2D eigenvalue weighted by molar-refractivity contribution is 7.92. The molecule has 0 aliphatic carbocycles. The number of nitrogens with one attached hydrogen (secondary N) is 1. The van der Waals surface area contributed by atoms with Crippen molar-refractivity contribution in [3.8, 4) is 23.0 Å². The van der Waals surface area contributed by atoms with Crippen molar-refractivity contribution in [1.29, 1.82) is 0 Å². The number of carbonyl (C=O) groups excluding carboxylic acids is 1. The second-order valence-electron chi connectivity index (χ2n) is 7.60. The van der Waals surface area contributed by atoms with Crippen molar-refractivity contribution in [3.63, 3.8) is 0 Å². The van der Waals surface area contributed by atoms with Crippen molar-refractivity contribution in [1.82, 2.24) is 0 Å². The Morgan fingerprint density at radius 1 is 0.833 bits per heavy atom. The number of carbonyl (C=O) groups is 1. The molecule has 1 amide bonds. The summed E-state index contributed by atoms with van der Waals surface area (Å²) < 4.78 is 49.9. The quantitative estimate of drug-likeness (QED) is 0.408. The largest absolute Gasteiger partial charge is 0.495 e. The van der Waals surface area contributed by atoms with Gasteiger partial charge in [0.1, 0.15) is 18.0 Å². The first-order chi connectivity index (χ1) is 17.1. The fraction of sp³-hybridized carbons (Fsp3) is 0.240. The molecular formula is C25H27ClN2O7S. The lowest BCUT2D eigenvalue weighted by Gasteiger charge is -2.26. The van der Waals surface area contributed by atoms with Crippen LogP contribution in [0.2, 0.25) is 5.02 Å². The zero-order valence-corrected chi connectivity index (χ0v) is 22.1. The summed E-state index contributed by atoms with van der Waals surface area (Å²) in [6, 6.07) is 13.9. The van der Waals surface area contributed by atoms with E-state index in [0.717, 1.165) is 9.87 Å². The van der Waals surface area contributed by atoms with Gasteiger partial charge in [-0.3, -0.25) is 9.10 Å². The van der Waals surface area contributed by atoms with Gasteiger partial charge < -0.3 is 24.3 Å². The van der Waals surface area contributed by atoms with Gasteiger partial charge in [-0.05, 0) is 55.0 Å². The monoisotopic (exact) mass is 534 g/mol. The van der Waals surface area contributed by atoms with E-state index in [2.05, 4.69) is 5.32 Å². The number of halogens is 1. The van der Waals surface area contributed by atoms with Crippen molar-refractivity contribution in [2.24, 2.45) is 0 Å². The van der Waals surface area contributed by atoms with Crippen LogP contribution < -0.4 is 28.6 Å². The molecular weight excluding hydrogens is 508 g/mol. The Balaban J connectivity index is 2.09. The standard InChI is InChI=1S/C25H27ClN2O7S/c1-16-6-9-21(32-2)19(12-16)27-25(29)15-28(20-13-17(26)7-10-22(20)33-3)36(30,31)18-8-11-23(34-4)24(14-18)35-5/h6-14H,15H2,1-5H3,(H,27,29). The number of aryl methyl sites for hydroxylation is 1. The second kappa shape index (κ2) is 11.4. The number of anilines is 2. The molecule has 192 valence electrons. The summed E-state index contributed by atoms with van der Waals surface area (Å²) in [4.78, 5) is 13.0. The van der Waals surface area contributed by atoms with Crippen LogP contribution in [-0.2, 0) is 14.8 Å². The van der Waals surface area contributed by atoms with Crippen LogP contribution >= 0.6 is 11.6 Å². The van der Waals surface area contributed by atoms with Gasteiger partial charge in [0.15, 0.2) is 11.5 Å². The number of amides is 1. The van der Waals surface area contributed by atoms with Crippen LogP contribution in [0.1, 0.15) is 5.56 Å². The Bertz CT molecular complexity index is 1360. The Morgan fingerprint density at radius 2 is 1.44 bits per heavy atom. The topological polar surface area (TPSA) is 103 Å². The third-order valence-corrected chi connectivity index (χ3v) is 7.26. The van der Waals surface area contributed by atoms with Gasteiger partial charge >= 0.3 is 0 Å². The number of ether oxygens (including phenoxy) is 4. The maximum atomic E-state index is 13.9. The van der Waals surface area contributed by atoms with Gasteiger partial charge in [0.2, 0.25) is 5.91 Å². The normalized spacial score (nSPS) is 10.9. The lowest BCUT2D eigenvalue weighted by atomic mass is 10.2. The van der Waals surface area contributed by atoms with Crippen LogP contribution in [0.3, 0.4) is 0 Å². The summed E-state index contributed by atoms with van der Waals surface area (Å²) in [7, 11) is 1.41. The molecule has 0 aliphatic heterocycles. The molecule has 0 radical (unpaired) electrons. The minimum absolute atomic E-state index is 0.0890. The Morgan fingerprint density at radius 3 is 2.08 bits per heavy atom. The first kappa shape index (κ1) is 27.0. The molecule has 3 aromatic rings. The number of rotatable bonds is 10. The van der Waals surface area contributed by atoms with Gasteiger partial charge in [-0.15, -0.1) is 0 Å². The number of nitrogens with zero attached hydrogens (tertiary/aromatic N) is 1. The fourth-order valence-electron chi connectivity index (χ4n) is 3.50. The van der Waals surface area contributed by atoms with Crippen molar-refractivity contribution in [2.45, 2.75) is 11.8 Å². The summed E-state index contributed by atoms with van der Waals surface area (Å²) in [5.41, 5.74) is 1.38. The van der Waals surface area contributed by atoms with Crippen LogP contribution in [0, 0.1) is 6.92 Å².